The molecule has 2 aliphatic rings. The first kappa shape index (κ1) is 35.0. The molecule has 0 radical (unpaired) electrons. The monoisotopic (exact) mass is 694 g/mol. The zero-order valence-electron chi connectivity index (χ0n) is 29.5. The second-order valence-electron chi connectivity index (χ2n) is 13.8. The largest absolute Gasteiger partial charge is 0.446 e. The Morgan fingerprint density at radius 2 is 1.04 bits per heavy atom. The van der Waals surface area contributed by atoms with Crippen LogP contribution in [0.5, 0.6) is 0 Å². The molecule has 0 unspecified atom stereocenters. The molecule has 1 saturated carbocycles. The van der Waals surface area contributed by atoms with Gasteiger partial charge in [0.25, 0.3) is 0 Å². The maximum Gasteiger partial charge on any atom is 0.411 e. The SMILES string of the molecule is O=C(Nc1ccccc1-c1ccccc1)OC1CCC(Cc2cccc(CN3CCC(OC(=O)Nc4ccccc4-c4ccccc4)CC3)n2)CC1. The van der Waals surface area contributed by atoms with Crippen molar-refractivity contribution in [1.82, 2.24) is 9.88 Å². The summed E-state index contributed by atoms with van der Waals surface area (Å²) in [5, 5.41) is 5.94. The Hall–Kier alpha value is -5.47. The van der Waals surface area contributed by atoms with Crippen LogP contribution in [0.4, 0.5) is 21.0 Å². The summed E-state index contributed by atoms with van der Waals surface area (Å²) in [6.45, 7) is 2.47. The first-order valence-corrected chi connectivity index (χ1v) is 18.5. The van der Waals surface area contributed by atoms with Crippen LogP contribution in [0.25, 0.3) is 22.3 Å². The van der Waals surface area contributed by atoms with Gasteiger partial charge in [-0.2, -0.15) is 0 Å². The maximum atomic E-state index is 12.9. The number of hydrogen-bond donors (Lipinski definition) is 2. The second-order valence-corrected chi connectivity index (χ2v) is 13.8. The van der Waals surface area contributed by atoms with Crippen molar-refractivity contribution in [2.24, 2.45) is 5.92 Å². The van der Waals surface area contributed by atoms with Crippen molar-refractivity contribution in [2.45, 2.75) is 63.7 Å². The van der Waals surface area contributed by atoms with Crippen molar-refractivity contribution in [1.29, 1.82) is 0 Å². The first-order chi connectivity index (χ1) is 25.6. The van der Waals surface area contributed by atoms with E-state index in [9.17, 15) is 9.59 Å². The fourth-order valence-electron chi connectivity index (χ4n) is 7.40. The van der Waals surface area contributed by atoms with Crippen molar-refractivity contribution in [2.75, 3.05) is 23.7 Å². The number of carbonyl (C=O) groups is 2. The van der Waals surface area contributed by atoms with Crippen LogP contribution >= 0.6 is 0 Å². The van der Waals surface area contributed by atoms with E-state index in [0.717, 1.165) is 110 Å². The number of nitrogens with one attached hydrogen (secondary N) is 2. The molecule has 1 aliphatic heterocycles. The van der Waals surface area contributed by atoms with E-state index in [4.69, 9.17) is 14.5 Å². The summed E-state index contributed by atoms with van der Waals surface area (Å²) in [5.74, 6) is 0.517. The van der Waals surface area contributed by atoms with Crippen molar-refractivity contribution in [3.63, 3.8) is 0 Å². The summed E-state index contributed by atoms with van der Waals surface area (Å²) in [4.78, 5) is 33.1. The molecule has 0 spiro atoms. The Morgan fingerprint density at radius 3 is 1.60 bits per heavy atom. The quantitative estimate of drug-likeness (QED) is 0.151. The fraction of sp³-hybridized carbons (Fsp3) is 0.295. The highest BCUT2D eigenvalue weighted by Crippen LogP contribution is 2.31. The minimum absolute atomic E-state index is 0.0810. The van der Waals surface area contributed by atoms with Crippen LogP contribution in [0.2, 0.25) is 0 Å². The number of carbonyl (C=O) groups excluding carboxylic acids is 2. The van der Waals surface area contributed by atoms with E-state index in [2.05, 4.69) is 33.7 Å². The summed E-state index contributed by atoms with van der Waals surface area (Å²) >= 11 is 0. The summed E-state index contributed by atoms with van der Waals surface area (Å²) in [5.41, 5.74) is 7.71. The highest BCUT2D eigenvalue weighted by molar-refractivity contribution is 5.92. The van der Waals surface area contributed by atoms with Gasteiger partial charge in [0.1, 0.15) is 12.2 Å². The zero-order valence-corrected chi connectivity index (χ0v) is 29.5. The van der Waals surface area contributed by atoms with Crippen molar-refractivity contribution in [3.8, 4) is 22.3 Å². The lowest BCUT2D eigenvalue weighted by molar-refractivity contribution is 0.0563. The average Bonchev–Trinajstić information content (AvgIpc) is 3.18. The smallest absolute Gasteiger partial charge is 0.411 e. The highest BCUT2D eigenvalue weighted by Gasteiger charge is 2.26. The predicted molar refractivity (Wildman–Crippen MR) is 206 cm³/mol. The van der Waals surface area contributed by atoms with Gasteiger partial charge in [-0.15, -0.1) is 0 Å². The van der Waals surface area contributed by atoms with Gasteiger partial charge in [0.2, 0.25) is 0 Å². The number of aromatic nitrogens is 1. The fourth-order valence-corrected chi connectivity index (χ4v) is 7.40. The molecule has 8 nitrogen and oxygen atoms in total. The molecule has 1 aliphatic carbocycles. The van der Waals surface area contributed by atoms with Crippen LogP contribution in [0.1, 0.15) is 49.9 Å². The Bertz CT molecular complexity index is 1780. The highest BCUT2D eigenvalue weighted by atomic mass is 16.6. The molecule has 4 aromatic carbocycles. The number of benzene rings is 4. The molecule has 2 N–H and O–H groups in total. The van der Waals surface area contributed by atoms with Crippen LogP contribution in [0, 0.1) is 5.92 Å². The molecule has 7 rings (SSSR count). The van der Waals surface area contributed by atoms with E-state index in [1.54, 1.807) is 0 Å². The molecular weight excluding hydrogens is 649 g/mol. The lowest BCUT2D eigenvalue weighted by atomic mass is 9.84. The second kappa shape index (κ2) is 17.2. The third-order valence-electron chi connectivity index (χ3n) is 10.1. The molecule has 0 bridgehead atoms. The summed E-state index contributed by atoms with van der Waals surface area (Å²) in [6, 6.07) is 42.0. The van der Waals surface area contributed by atoms with E-state index in [1.807, 2.05) is 109 Å². The van der Waals surface area contributed by atoms with Gasteiger partial charge >= 0.3 is 12.2 Å². The molecule has 1 saturated heterocycles. The molecule has 1 aromatic heterocycles. The van der Waals surface area contributed by atoms with E-state index >= 15 is 0 Å². The van der Waals surface area contributed by atoms with E-state index in [0.29, 0.717) is 5.92 Å². The zero-order chi connectivity index (χ0) is 35.5. The van der Waals surface area contributed by atoms with Crippen molar-refractivity contribution >= 4 is 23.6 Å². The van der Waals surface area contributed by atoms with Crippen LogP contribution in [0.15, 0.2) is 127 Å². The normalized spacial score (nSPS) is 17.9. The average molecular weight is 695 g/mol. The molecule has 2 amide bonds. The van der Waals surface area contributed by atoms with Crippen LogP contribution in [-0.2, 0) is 22.4 Å². The summed E-state index contributed by atoms with van der Waals surface area (Å²) in [6.07, 6.45) is 5.21. The van der Waals surface area contributed by atoms with E-state index in [-0.39, 0.29) is 12.2 Å². The number of rotatable bonds is 10. The van der Waals surface area contributed by atoms with E-state index < -0.39 is 12.2 Å². The summed E-state index contributed by atoms with van der Waals surface area (Å²) in [7, 11) is 0. The molecule has 2 fully saturated rings. The van der Waals surface area contributed by atoms with Gasteiger partial charge in [-0.3, -0.25) is 20.5 Å². The topological polar surface area (TPSA) is 92.8 Å². The lowest BCUT2D eigenvalue weighted by Crippen LogP contribution is -2.38. The predicted octanol–water partition coefficient (Wildman–Crippen LogP) is 9.98. The van der Waals surface area contributed by atoms with Gasteiger partial charge in [-0.1, -0.05) is 103 Å². The molecule has 52 heavy (non-hydrogen) atoms. The van der Waals surface area contributed by atoms with Gasteiger partial charge in [-0.05, 0) is 86.3 Å². The third-order valence-corrected chi connectivity index (χ3v) is 10.1. The standard InChI is InChI=1S/C44H46N4O4/c49-43(46-41-20-9-7-18-39(41)33-12-3-1-4-13-33)51-37-24-22-32(23-25-37)30-35-16-11-17-36(45-35)31-48-28-26-38(27-29-48)52-44(50)47-42-21-10-8-19-40(42)34-14-5-2-6-15-34/h1-21,32,37-38H,22-31H2,(H,46,49)(H,47,50). The minimum Gasteiger partial charge on any atom is -0.446 e. The first-order valence-electron chi connectivity index (χ1n) is 18.5. The molecule has 5 aromatic rings. The number of para-hydroxylation sites is 2. The third kappa shape index (κ3) is 9.44. The molecule has 266 valence electrons. The molecule has 2 heterocycles. The molecule has 8 heteroatoms. The van der Waals surface area contributed by atoms with Gasteiger partial charge < -0.3 is 9.47 Å². The number of likely N-dealkylation sites (tertiary alicyclic amines) is 1. The van der Waals surface area contributed by atoms with Crippen molar-refractivity contribution < 1.29 is 19.1 Å². The van der Waals surface area contributed by atoms with Crippen LogP contribution in [0.3, 0.4) is 0 Å². The number of hydrogen-bond acceptors (Lipinski definition) is 6. The number of piperidine rings is 1. The number of amides is 2. The minimum atomic E-state index is -0.412. The number of ether oxygens (including phenoxy) is 2. The number of pyridine rings is 1. The molecular formula is C44H46N4O4. The Morgan fingerprint density at radius 1 is 0.558 bits per heavy atom. The van der Waals surface area contributed by atoms with Crippen LogP contribution in [-0.4, -0.2) is 47.4 Å². The molecule has 0 atom stereocenters. The Kier molecular flexibility index (Phi) is 11.5. The Labute approximate surface area is 306 Å². The van der Waals surface area contributed by atoms with E-state index in [1.165, 1.54) is 0 Å². The summed E-state index contributed by atoms with van der Waals surface area (Å²) < 4.78 is 11.7. The number of nitrogens with zero attached hydrogens (tertiary/aromatic N) is 2. The van der Waals surface area contributed by atoms with Gasteiger partial charge in [0.05, 0.1) is 17.1 Å². The van der Waals surface area contributed by atoms with Gasteiger partial charge in [0.15, 0.2) is 0 Å². The maximum absolute atomic E-state index is 12.9. The Balaban J connectivity index is 0.828. The van der Waals surface area contributed by atoms with Gasteiger partial charge in [-0.25, -0.2) is 9.59 Å². The van der Waals surface area contributed by atoms with Crippen LogP contribution < -0.4 is 10.6 Å². The number of anilines is 2. The lowest BCUT2D eigenvalue weighted by Gasteiger charge is -2.31. The van der Waals surface area contributed by atoms with Crippen molar-refractivity contribution in [3.05, 3.63) is 139 Å². The van der Waals surface area contributed by atoms with Gasteiger partial charge in [0, 0.05) is 36.5 Å².